The number of unbranched alkanes of at least 4 members (excludes halogenated alkanes) is 1. The van der Waals surface area contributed by atoms with E-state index in [0.29, 0.717) is 13.0 Å². The van der Waals surface area contributed by atoms with Gasteiger partial charge in [0.05, 0.1) is 12.8 Å². The van der Waals surface area contributed by atoms with Crippen LogP contribution in [0.25, 0.3) is 0 Å². The smallest absolute Gasteiger partial charge is 0.223 e. The molecular weight excluding hydrogens is 282 g/mol. The molecule has 0 N–H and O–H groups in total. The third kappa shape index (κ3) is 2.51. The van der Waals surface area contributed by atoms with Crippen molar-refractivity contribution in [3.05, 3.63) is 30.0 Å². The number of aryl methyl sites for hydroxylation is 1. The average molecular weight is 303 g/mol. The largest absolute Gasteiger partial charge is 0.467 e. The molecular formula is C15H21N5O2. The van der Waals surface area contributed by atoms with Gasteiger partial charge in [0.2, 0.25) is 5.91 Å². The van der Waals surface area contributed by atoms with Crippen LogP contribution >= 0.6 is 0 Å². The van der Waals surface area contributed by atoms with Crippen molar-refractivity contribution in [1.29, 1.82) is 0 Å². The Morgan fingerprint density at radius 3 is 3.05 bits per heavy atom. The van der Waals surface area contributed by atoms with E-state index in [1.807, 2.05) is 28.6 Å². The zero-order chi connectivity index (χ0) is 15.6. The van der Waals surface area contributed by atoms with E-state index in [-0.39, 0.29) is 5.91 Å². The van der Waals surface area contributed by atoms with E-state index in [1.165, 1.54) is 0 Å². The van der Waals surface area contributed by atoms with E-state index in [2.05, 4.69) is 22.4 Å². The van der Waals surface area contributed by atoms with Crippen molar-refractivity contribution in [3.63, 3.8) is 0 Å². The van der Waals surface area contributed by atoms with Gasteiger partial charge in [-0.25, -0.2) is 4.68 Å². The van der Waals surface area contributed by atoms with E-state index < -0.39 is 5.54 Å². The molecule has 3 rings (SSSR count). The number of carbonyl (C=O) groups excluding carboxylic acids is 1. The molecule has 3 heterocycles. The van der Waals surface area contributed by atoms with Crippen molar-refractivity contribution in [2.75, 3.05) is 0 Å². The Morgan fingerprint density at radius 2 is 2.32 bits per heavy atom. The highest BCUT2D eigenvalue weighted by Gasteiger charge is 2.46. The van der Waals surface area contributed by atoms with Crippen molar-refractivity contribution in [1.82, 2.24) is 25.1 Å². The van der Waals surface area contributed by atoms with Crippen LogP contribution in [0.3, 0.4) is 0 Å². The van der Waals surface area contributed by atoms with Gasteiger partial charge in [-0.05, 0) is 42.3 Å². The van der Waals surface area contributed by atoms with E-state index >= 15 is 0 Å². The SMILES string of the molecule is CCCCn1nnnc1C1(C)CCC(=O)N1Cc1ccco1. The van der Waals surface area contributed by atoms with Crippen LogP contribution in [-0.4, -0.2) is 31.0 Å². The van der Waals surface area contributed by atoms with Gasteiger partial charge in [-0.2, -0.15) is 0 Å². The summed E-state index contributed by atoms with van der Waals surface area (Å²) in [7, 11) is 0. The molecule has 118 valence electrons. The molecule has 2 aromatic heterocycles. The highest BCUT2D eigenvalue weighted by atomic mass is 16.3. The van der Waals surface area contributed by atoms with Gasteiger partial charge >= 0.3 is 0 Å². The Morgan fingerprint density at radius 1 is 1.45 bits per heavy atom. The maximum atomic E-state index is 12.3. The lowest BCUT2D eigenvalue weighted by molar-refractivity contribution is -0.132. The first-order chi connectivity index (χ1) is 10.6. The first-order valence-corrected chi connectivity index (χ1v) is 7.74. The maximum absolute atomic E-state index is 12.3. The van der Waals surface area contributed by atoms with Crippen LogP contribution in [0.15, 0.2) is 22.8 Å². The number of hydrogen-bond donors (Lipinski definition) is 0. The summed E-state index contributed by atoms with van der Waals surface area (Å²) in [4.78, 5) is 14.2. The second-order valence-electron chi connectivity index (χ2n) is 5.91. The molecule has 2 aromatic rings. The quantitative estimate of drug-likeness (QED) is 0.816. The zero-order valence-electron chi connectivity index (χ0n) is 13.0. The Labute approximate surface area is 129 Å². The molecule has 1 saturated heterocycles. The molecule has 7 heteroatoms. The molecule has 1 atom stereocenters. The van der Waals surface area contributed by atoms with Crippen LogP contribution in [0.5, 0.6) is 0 Å². The first kappa shape index (κ1) is 14.7. The van der Waals surface area contributed by atoms with Crippen LogP contribution < -0.4 is 0 Å². The predicted molar refractivity (Wildman–Crippen MR) is 78.6 cm³/mol. The predicted octanol–water partition coefficient (Wildman–Crippen LogP) is 2.10. The van der Waals surface area contributed by atoms with Crippen molar-refractivity contribution in [2.24, 2.45) is 0 Å². The zero-order valence-corrected chi connectivity index (χ0v) is 13.0. The molecule has 0 aliphatic carbocycles. The number of likely N-dealkylation sites (tertiary alicyclic amines) is 1. The topological polar surface area (TPSA) is 77.1 Å². The summed E-state index contributed by atoms with van der Waals surface area (Å²) in [5.41, 5.74) is -0.485. The second kappa shape index (κ2) is 5.90. The van der Waals surface area contributed by atoms with Gasteiger partial charge in [0.1, 0.15) is 11.3 Å². The Kier molecular flexibility index (Phi) is 3.96. The third-order valence-electron chi connectivity index (χ3n) is 4.35. The van der Waals surface area contributed by atoms with Crippen LogP contribution in [-0.2, 0) is 23.4 Å². The molecule has 0 aromatic carbocycles. The van der Waals surface area contributed by atoms with Gasteiger partial charge in [-0.3, -0.25) is 4.79 Å². The second-order valence-corrected chi connectivity index (χ2v) is 5.91. The lowest BCUT2D eigenvalue weighted by atomic mass is 9.97. The average Bonchev–Trinajstić information content (AvgIpc) is 3.23. The van der Waals surface area contributed by atoms with Gasteiger partial charge in [-0.1, -0.05) is 13.3 Å². The summed E-state index contributed by atoms with van der Waals surface area (Å²) in [6, 6.07) is 3.71. The van der Waals surface area contributed by atoms with Crippen molar-refractivity contribution >= 4 is 5.91 Å². The molecule has 0 bridgehead atoms. The minimum atomic E-state index is -0.485. The van der Waals surface area contributed by atoms with Crippen LogP contribution in [0.2, 0.25) is 0 Å². The highest BCUT2D eigenvalue weighted by Crippen LogP contribution is 2.39. The Balaban J connectivity index is 1.89. The van der Waals surface area contributed by atoms with Crippen LogP contribution in [0.4, 0.5) is 0 Å². The molecule has 0 radical (unpaired) electrons. The number of amides is 1. The molecule has 1 aliphatic rings. The molecule has 0 saturated carbocycles. The Hall–Kier alpha value is -2.18. The van der Waals surface area contributed by atoms with Gasteiger partial charge in [0.25, 0.3) is 0 Å². The fourth-order valence-corrected chi connectivity index (χ4v) is 3.00. The summed E-state index contributed by atoms with van der Waals surface area (Å²) in [6.07, 6.45) is 4.95. The number of aromatic nitrogens is 4. The third-order valence-corrected chi connectivity index (χ3v) is 4.35. The van der Waals surface area contributed by atoms with Crippen LogP contribution in [0, 0.1) is 0 Å². The summed E-state index contributed by atoms with van der Waals surface area (Å²) in [5.74, 6) is 1.65. The molecule has 0 spiro atoms. The van der Waals surface area contributed by atoms with E-state index in [1.54, 1.807) is 6.26 Å². The lowest BCUT2D eigenvalue weighted by Gasteiger charge is -2.33. The lowest BCUT2D eigenvalue weighted by Crippen LogP contribution is -2.42. The van der Waals surface area contributed by atoms with Crippen LogP contribution in [0.1, 0.15) is 51.1 Å². The maximum Gasteiger partial charge on any atom is 0.223 e. The normalized spacial score (nSPS) is 21.7. The number of tetrazole rings is 1. The highest BCUT2D eigenvalue weighted by molar-refractivity contribution is 5.79. The summed E-state index contributed by atoms with van der Waals surface area (Å²) < 4.78 is 7.23. The van der Waals surface area contributed by atoms with E-state index in [4.69, 9.17) is 4.42 Å². The first-order valence-electron chi connectivity index (χ1n) is 7.74. The molecule has 7 nitrogen and oxygen atoms in total. The van der Waals surface area contributed by atoms with E-state index in [0.717, 1.165) is 37.4 Å². The Bertz CT molecular complexity index is 636. The van der Waals surface area contributed by atoms with Gasteiger partial charge in [0.15, 0.2) is 5.82 Å². The summed E-state index contributed by atoms with van der Waals surface area (Å²) in [6.45, 7) is 5.39. The number of hydrogen-bond acceptors (Lipinski definition) is 5. The number of carbonyl (C=O) groups is 1. The minimum absolute atomic E-state index is 0.115. The van der Waals surface area contributed by atoms with Gasteiger partial charge in [0, 0.05) is 13.0 Å². The molecule has 1 aliphatic heterocycles. The standard InChI is InChI=1S/C15H21N5O2/c1-3-4-9-20-14(16-17-18-20)15(2)8-7-13(21)19(15)11-12-6-5-10-22-12/h5-6,10H,3-4,7-9,11H2,1-2H3. The van der Waals surface area contributed by atoms with E-state index in [9.17, 15) is 4.79 Å². The minimum Gasteiger partial charge on any atom is -0.467 e. The summed E-state index contributed by atoms with van der Waals surface area (Å²) in [5, 5.41) is 12.1. The molecule has 1 amide bonds. The number of nitrogens with zero attached hydrogens (tertiary/aromatic N) is 5. The molecule has 1 unspecified atom stereocenters. The number of rotatable bonds is 6. The molecule has 22 heavy (non-hydrogen) atoms. The van der Waals surface area contributed by atoms with Gasteiger partial charge < -0.3 is 9.32 Å². The van der Waals surface area contributed by atoms with Crippen molar-refractivity contribution in [2.45, 2.75) is 58.2 Å². The summed E-state index contributed by atoms with van der Waals surface area (Å²) >= 11 is 0. The van der Waals surface area contributed by atoms with Crippen molar-refractivity contribution < 1.29 is 9.21 Å². The fraction of sp³-hybridized carbons (Fsp3) is 0.600. The van der Waals surface area contributed by atoms with Crippen molar-refractivity contribution in [3.8, 4) is 0 Å². The number of furan rings is 1. The monoisotopic (exact) mass is 303 g/mol. The van der Waals surface area contributed by atoms with Gasteiger partial charge in [-0.15, -0.1) is 5.10 Å². The fourth-order valence-electron chi connectivity index (χ4n) is 3.00. The molecule has 1 fully saturated rings.